The largest absolute Gasteiger partial charge is 0.433 e. The number of nitriles is 1. The number of alkyl halides is 3. The Labute approximate surface area is 107 Å². The van der Waals surface area contributed by atoms with Crippen LogP contribution in [0.2, 0.25) is 0 Å². The highest BCUT2D eigenvalue weighted by Crippen LogP contribution is 2.30. The van der Waals surface area contributed by atoms with E-state index >= 15 is 0 Å². The van der Waals surface area contributed by atoms with Crippen molar-refractivity contribution in [2.75, 3.05) is 18.5 Å². The summed E-state index contributed by atoms with van der Waals surface area (Å²) in [4.78, 5) is 3.31. The van der Waals surface area contributed by atoms with Gasteiger partial charge < -0.3 is 15.5 Å². The molecule has 8 heteroatoms. The Kier molecular flexibility index (Phi) is 4.34. The fraction of sp³-hybridized carbons (Fsp3) is 0.455. The van der Waals surface area contributed by atoms with Crippen molar-refractivity contribution in [3.05, 3.63) is 23.4 Å². The van der Waals surface area contributed by atoms with E-state index in [1.54, 1.807) is 6.07 Å². The van der Waals surface area contributed by atoms with Gasteiger partial charge in [0.25, 0.3) is 0 Å². The first-order valence-corrected chi connectivity index (χ1v) is 5.24. The second kappa shape index (κ2) is 5.42. The van der Waals surface area contributed by atoms with Crippen LogP contribution in [0, 0.1) is 11.3 Å². The molecule has 0 saturated carbocycles. The number of hydrogen-bond donors (Lipinski definition) is 3. The van der Waals surface area contributed by atoms with Gasteiger partial charge in [-0.15, -0.1) is 0 Å². The Balaban J connectivity index is 3.22. The molecular formula is C11H12F3N3O2. The Morgan fingerprint density at radius 3 is 2.32 bits per heavy atom. The Morgan fingerprint density at radius 2 is 1.89 bits per heavy atom. The molecule has 104 valence electrons. The van der Waals surface area contributed by atoms with Crippen LogP contribution in [0.15, 0.2) is 12.1 Å². The molecule has 0 saturated heterocycles. The minimum absolute atomic E-state index is 0.110. The third-order valence-corrected chi connectivity index (χ3v) is 2.42. The van der Waals surface area contributed by atoms with Crippen molar-refractivity contribution < 1.29 is 23.4 Å². The maximum absolute atomic E-state index is 12.5. The molecule has 1 heterocycles. The molecule has 5 nitrogen and oxygen atoms in total. The molecule has 1 rings (SSSR count). The number of pyridine rings is 1. The van der Waals surface area contributed by atoms with Crippen LogP contribution in [0.4, 0.5) is 19.0 Å². The topological polar surface area (TPSA) is 89.2 Å². The summed E-state index contributed by atoms with van der Waals surface area (Å²) in [6, 6.07) is 3.36. The lowest BCUT2D eigenvalue weighted by Crippen LogP contribution is -2.43. The van der Waals surface area contributed by atoms with Crippen LogP contribution < -0.4 is 5.32 Å². The van der Waals surface area contributed by atoms with Crippen LogP contribution in [0.25, 0.3) is 0 Å². The maximum Gasteiger partial charge on any atom is 0.433 e. The van der Waals surface area contributed by atoms with Crippen molar-refractivity contribution in [2.24, 2.45) is 0 Å². The van der Waals surface area contributed by atoms with Gasteiger partial charge in [0.1, 0.15) is 17.6 Å². The Hall–Kier alpha value is -1.85. The van der Waals surface area contributed by atoms with E-state index in [9.17, 15) is 13.2 Å². The van der Waals surface area contributed by atoms with Gasteiger partial charge in [0.2, 0.25) is 0 Å². The lowest BCUT2D eigenvalue weighted by Gasteiger charge is -2.27. The van der Waals surface area contributed by atoms with E-state index in [0.717, 1.165) is 6.07 Å². The summed E-state index contributed by atoms with van der Waals surface area (Å²) in [5, 5.41) is 29.4. The van der Waals surface area contributed by atoms with E-state index in [1.807, 2.05) is 0 Å². The van der Waals surface area contributed by atoms with Gasteiger partial charge in [-0.2, -0.15) is 18.4 Å². The average molecular weight is 275 g/mol. The fourth-order valence-electron chi connectivity index (χ4n) is 1.22. The zero-order valence-electron chi connectivity index (χ0n) is 9.99. The van der Waals surface area contributed by atoms with E-state index in [0.29, 0.717) is 6.07 Å². The summed E-state index contributed by atoms with van der Waals surface area (Å²) in [6.07, 6.45) is -4.64. The van der Waals surface area contributed by atoms with E-state index in [1.165, 1.54) is 6.92 Å². The van der Waals surface area contributed by atoms with E-state index < -0.39 is 30.6 Å². The minimum Gasteiger partial charge on any atom is -0.394 e. The number of aliphatic hydroxyl groups is 2. The van der Waals surface area contributed by atoms with Gasteiger partial charge in [-0.3, -0.25) is 0 Å². The zero-order chi connectivity index (χ0) is 14.7. The number of halogens is 3. The molecule has 0 unspecified atom stereocenters. The van der Waals surface area contributed by atoms with Gasteiger partial charge in [0.15, 0.2) is 0 Å². The van der Waals surface area contributed by atoms with Crippen molar-refractivity contribution >= 4 is 5.82 Å². The van der Waals surface area contributed by atoms with Gasteiger partial charge in [0, 0.05) is 0 Å². The number of nitrogens with zero attached hydrogens (tertiary/aromatic N) is 2. The zero-order valence-corrected chi connectivity index (χ0v) is 9.99. The molecule has 3 N–H and O–H groups in total. The standard InChI is InChI=1S/C11H12F3N3O2/c1-10(5-18,6-19)17-9-7(4-15)2-3-8(16-9)11(12,13)14/h2-3,18-19H,5-6H2,1H3,(H,16,17). The van der Waals surface area contributed by atoms with E-state index in [4.69, 9.17) is 15.5 Å². The summed E-state index contributed by atoms with van der Waals surface area (Å²) >= 11 is 0. The molecule has 0 aromatic carbocycles. The first-order valence-electron chi connectivity index (χ1n) is 5.24. The molecule has 0 radical (unpaired) electrons. The van der Waals surface area contributed by atoms with Crippen LogP contribution in [-0.2, 0) is 6.18 Å². The first-order chi connectivity index (χ1) is 8.75. The SMILES string of the molecule is CC(CO)(CO)Nc1nc(C(F)(F)F)ccc1C#N. The van der Waals surface area contributed by atoms with Gasteiger partial charge >= 0.3 is 6.18 Å². The van der Waals surface area contributed by atoms with Crippen molar-refractivity contribution in [1.29, 1.82) is 5.26 Å². The molecule has 1 aromatic rings. The van der Waals surface area contributed by atoms with Gasteiger partial charge in [-0.1, -0.05) is 0 Å². The highest BCUT2D eigenvalue weighted by molar-refractivity contribution is 5.54. The molecule has 0 aliphatic heterocycles. The summed E-state index contributed by atoms with van der Waals surface area (Å²) in [5.74, 6) is -0.331. The van der Waals surface area contributed by atoms with Crippen LogP contribution in [-0.4, -0.2) is 33.9 Å². The van der Waals surface area contributed by atoms with Gasteiger partial charge in [0.05, 0.1) is 24.3 Å². The van der Waals surface area contributed by atoms with Crippen LogP contribution in [0.3, 0.4) is 0 Å². The number of aromatic nitrogens is 1. The number of rotatable bonds is 4. The predicted molar refractivity (Wildman–Crippen MR) is 60.2 cm³/mol. The van der Waals surface area contributed by atoms with Crippen LogP contribution in [0.5, 0.6) is 0 Å². The molecule has 0 spiro atoms. The molecule has 0 aliphatic carbocycles. The van der Waals surface area contributed by atoms with Crippen molar-refractivity contribution in [3.63, 3.8) is 0 Å². The first kappa shape index (κ1) is 15.2. The van der Waals surface area contributed by atoms with Gasteiger partial charge in [-0.25, -0.2) is 4.98 Å². The molecule has 0 aliphatic rings. The lowest BCUT2D eigenvalue weighted by molar-refractivity contribution is -0.141. The molecule has 19 heavy (non-hydrogen) atoms. The van der Waals surface area contributed by atoms with Gasteiger partial charge in [-0.05, 0) is 19.1 Å². The normalized spacial score (nSPS) is 12.1. The second-order valence-electron chi connectivity index (χ2n) is 4.20. The molecular weight excluding hydrogens is 263 g/mol. The molecule has 1 aromatic heterocycles. The smallest absolute Gasteiger partial charge is 0.394 e. The van der Waals surface area contributed by atoms with E-state index in [-0.39, 0.29) is 11.4 Å². The lowest BCUT2D eigenvalue weighted by atomic mass is 10.1. The summed E-state index contributed by atoms with van der Waals surface area (Å²) in [7, 11) is 0. The average Bonchev–Trinajstić information content (AvgIpc) is 2.37. The third-order valence-electron chi connectivity index (χ3n) is 2.42. The van der Waals surface area contributed by atoms with Crippen LogP contribution >= 0.6 is 0 Å². The fourth-order valence-corrected chi connectivity index (χ4v) is 1.22. The number of nitrogens with one attached hydrogen (secondary N) is 1. The highest BCUT2D eigenvalue weighted by atomic mass is 19.4. The van der Waals surface area contributed by atoms with Crippen LogP contribution in [0.1, 0.15) is 18.2 Å². The molecule has 0 atom stereocenters. The number of anilines is 1. The van der Waals surface area contributed by atoms with Crippen molar-refractivity contribution in [3.8, 4) is 6.07 Å². The Morgan fingerprint density at radius 1 is 1.32 bits per heavy atom. The summed E-state index contributed by atoms with van der Waals surface area (Å²) in [5.41, 5.74) is -2.55. The quantitative estimate of drug-likeness (QED) is 0.766. The maximum atomic E-state index is 12.5. The number of hydrogen-bond acceptors (Lipinski definition) is 5. The molecule has 0 amide bonds. The summed E-state index contributed by atoms with van der Waals surface area (Å²) < 4.78 is 37.6. The minimum atomic E-state index is -4.64. The molecule has 0 bridgehead atoms. The Bertz CT molecular complexity index is 493. The van der Waals surface area contributed by atoms with Crippen molar-refractivity contribution in [2.45, 2.75) is 18.6 Å². The second-order valence-corrected chi connectivity index (χ2v) is 4.20. The number of aliphatic hydroxyl groups excluding tert-OH is 2. The monoisotopic (exact) mass is 275 g/mol. The third kappa shape index (κ3) is 3.56. The highest BCUT2D eigenvalue weighted by Gasteiger charge is 2.34. The van der Waals surface area contributed by atoms with E-state index in [2.05, 4.69) is 10.3 Å². The van der Waals surface area contributed by atoms with Crippen molar-refractivity contribution in [1.82, 2.24) is 4.98 Å². The summed E-state index contributed by atoms with van der Waals surface area (Å²) in [6.45, 7) is 0.314. The predicted octanol–water partition coefficient (Wildman–Crippen LogP) is 1.13. The molecule has 0 fully saturated rings.